The van der Waals surface area contributed by atoms with Crippen LogP contribution in [0.15, 0.2) is 27.8 Å². The van der Waals surface area contributed by atoms with Crippen molar-refractivity contribution in [1.82, 2.24) is 0 Å². The molecule has 0 saturated carbocycles. The molecule has 0 unspecified atom stereocenters. The van der Waals surface area contributed by atoms with Crippen molar-refractivity contribution in [2.45, 2.75) is 6.61 Å². The molecule has 0 aromatic heterocycles. The number of hydrogen-bond donors (Lipinski definition) is 3. The van der Waals surface area contributed by atoms with Gasteiger partial charge in [-0.15, -0.1) is 0 Å². The summed E-state index contributed by atoms with van der Waals surface area (Å²) in [4.78, 5) is 0. The van der Waals surface area contributed by atoms with Crippen LogP contribution in [0, 0.1) is 16.7 Å². The van der Waals surface area contributed by atoms with Gasteiger partial charge in [0.25, 0.3) is 0 Å². The van der Waals surface area contributed by atoms with Crippen molar-refractivity contribution in [1.29, 1.82) is 10.7 Å². The van der Waals surface area contributed by atoms with Crippen LogP contribution in [-0.4, -0.2) is 18.2 Å². The van der Waals surface area contributed by atoms with Crippen LogP contribution in [0.4, 0.5) is 14.5 Å². The molecule has 0 bridgehead atoms. The zero-order chi connectivity index (χ0) is 14.4. The molecule has 0 saturated heterocycles. The third-order valence-electron chi connectivity index (χ3n) is 1.81. The fourth-order valence-corrected chi connectivity index (χ4v) is 1.47. The van der Waals surface area contributed by atoms with E-state index in [1.54, 1.807) is 6.07 Å². The minimum Gasteiger partial charge on any atom is -0.435 e. The Labute approximate surface area is 115 Å². The number of nitrogens with two attached hydrogens (primary N) is 1. The SMILES string of the molecule is N#C/C(=N\Nc1ccc(OC(F)F)cc1Br)C(=N)N. The number of benzene rings is 1. The molecular weight excluding hydrogens is 324 g/mol. The van der Waals surface area contributed by atoms with Gasteiger partial charge in [-0.1, -0.05) is 0 Å². The Balaban J connectivity index is 2.87. The van der Waals surface area contributed by atoms with Crippen LogP contribution in [0.25, 0.3) is 0 Å². The largest absolute Gasteiger partial charge is 0.435 e. The standard InChI is InChI=1S/C10H8BrF2N5O/c11-6-3-5(19-10(12)13)1-2-7(6)17-18-8(4-14)9(15)16/h1-3,10,17H,(H3,15,16)/b18-8+. The topological polar surface area (TPSA) is 107 Å². The maximum atomic E-state index is 12.0. The predicted octanol–water partition coefficient (Wildman–Crippen LogP) is 2.28. The fourth-order valence-electron chi connectivity index (χ4n) is 1.02. The summed E-state index contributed by atoms with van der Waals surface area (Å²) in [6, 6.07) is 5.65. The molecule has 0 heterocycles. The van der Waals surface area contributed by atoms with Crippen molar-refractivity contribution in [2.24, 2.45) is 10.8 Å². The van der Waals surface area contributed by atoms with E-state index in [1.807, 2.05) is 0 Å². The van der Waals surface area contributed by atoms with Gasteiger partial charge in [-0.2, -0.15) is 19.1 Å². The Morgan fingerprint density at radius 2 is 2.26 bits per heavy atom. The summed E-state index contributed by atoms with van der Waals surface area (Å²) >= 11 is 3.12. The van der Waals surface area contributed by atoms with Crippen molar-refractivity contribution in [3.05, 3.63) is 22.7 Å². The highest BCUT2D eigenvalue weighted by atomic mass is 79.9. The van der Waals surface area contributed by atoms with E-state index in [-0.39, 0.29) is 11.5 Å². The molecule has 0 fully saturated rings. The molecule has 0 atom stereocenters. The lowest BCUT2D eigenvalue weighted by atomic mass is 10.3. The van der Waals surface area contributed by atoms with Gasteiger partial charge in [0.1, 0.15) is 11.8 Å². The number of ether oxygens (including phenoxy) is 1. The van der Waals surface area contributed by atoms with Gasteiger partial charge in [0.2, 0.25) is 5.71 Å². The molecular formula is C10H8BrF2N5O. The summed E-state index contributed by atoms with van der Waals surface area (Å²) in [5, 5.41) is 19.3. The summed E-state index contributed by atoms with van der Waals surface area (Å²) < 4.78 is 28.6. The van der Waals surface area contributed by atoms with Gasteiger partial charge in [-0.05, 0) is 34.1 Å². The quantitative estimate of drug-likeness (QED) is 0.437. The van der Waals surface area contributed by atoms with Gasteiger partial charge < -0.3 is 10.5 Å². The van der Waals surface area contributed by atoms with E-state index in [0.717, 1.165) is 0 Å². The van der Waals surface area contributed by atoms with Crippen LogP contribution < -0.4 is 15.9 Å². The van der Waals surface area contributed by atoms with E-state index < -0.39 is 12.4 Å². The van der Waals surface area contributed by atoms with Crippen molar-refractivity contribution in [2.75, 3.05) is 5.43 Å². The second kappa shape index (κ2) is 6.65. The van der Waals surface area contributed by atoms with Crippen molar-refractivity contribution >= 4 is 33.2 Å². The van der Waals surface area contributed by atoms with E-state index in [2.05, 4.69) is 31.2 Å². The van der Waals surface area contributed by atoms with Crippen LogP contribution >= 0.6 is 15.9 Å². The lowest BCUT2D eigenvalue weighted by Crippen LogP contribution is -2.21. The summed E-state index contributed by atoms with van der Waals surface area (Å²) in [7, 11) is 0. The first-order chi connectivity index (χ1) is 8.93. The third kappa shape index (κ3) is 4.51. The number of alkyl halides is 2. The normalized spacial score (nSPS) is 11.0. The molecule has 19 heavy (non-hydrogen) atoms. The van der Waals surface area contributed by atoms with E-state index in [4.69, 9.17) is 16.4 Å². The van der Waals surface area contributed by atoms with Crippen LogP contribution in [0.1, 0.15) is 0 Å². The highest BCUT2D eigenvalue weighted by Crippen LogP contribution is 2.28. The predicted molar refractivity (Wildman–Crippen MR) is 69.4 cm³/mol. The molecule has 1 aromatic rings. The molecule has 100 valence electrons. The Morgan fingerprint density at radius 3 is 2.74 bits per heavy atom. The number of hydrazone groups is 1. The van der Waals surface area contributed by atoms with Crippen LogP contribution in [0.5, 0.6) is 5.75 Å². The van der Waals surface area contributed by atoms with Crippen molar-refractivity contribution in [3.8, 4) is 11.8 Å². The summed E-state index contributed by atoms with van der Waals surface area (Å²) in [6.45, 7) is -2.91. The molecule has 0 aliphatic heterocycles. The Morgan fingerprint density at radius 1 is 1.58 bits per heavy atom. The molecule has 0 amide bonds. The molecule has 1 rings (SSSR count). The second-order valence-electron chi connectivity index (χ2n) is 3.12. The summed E-state index contributed by atoms with van der Waals surface area (Å²) in [5.74, 6) is -0.507. The summed E-state index contributed by atoms with van der Waals surface area (Å²) in [5.41, 5.74) is 7.69. The fraction of sp³-hybridized carbons (Fsp3) is 0.100. The zero-order valence-electron chi connectivity index (χ0n) is 9.32. The van der Waals surface area contributed by atoms with Gasteiger partial charge in [0, 0.05) is 4.47 Å². The number of rotatable bonds is 5. The molecule has 0 aliphatic carbocycles. The number of nitrogens with zero attached hydrogens (tertiary/aromatic N) is 2. The molecule has 4 N–H and O–H groups in total. The van der Waals surface area contributed by atoms with E-state index >= 15 is 0 Å². The lowest BCUT2D eigenvalue weighted by Gasteiger charge is -2.08. The first kappa shape index (κ1) is 14.8. The molecule has 0 spiro atoms. The van der Waals surface area contributed by atoms with Gasteiger partial charge in [-0.3, -0.25) is 10.8 Å². The van der Waals surface area contributed by atoms with Crippen molar-refractivity contribution < 1.29 is 13.5 Å². The van der Waals surface area contributed by atoms with Gasteiger partial charge in [-0.25, -0.2) is 0 Å². The van der Waals surface area contributed by atoms with Gasteiger partial charge >= 0.3 is 6.61 Å². The van der Waals surface area contributed by atoms with Crippen molar-refractivity contribution in [3.63, 3.8) is 0 Å². The minimum atomic E-state index is -2.91. The Bertz CT molecular complexity index is 555. The third-order valence-corrected chi connectivity index (χ3v) is 2.47. The van der Waals surface area contributed by atoms with E-state index in [0.29, 0.717) is 10.2 Å². The molecule has 9 heteroatoms. The zero-order valence-corrected chi connectivity index (χ0v) is 10.9. The molecule has 0 radical (unpaired) electrons. The number of halogens is 3. The Hall–Kier alpha value is -2.21. The van der Waals surface area contributed by atoms with Crippen LogP contribution in [0.3, 0.4) is 0 Å². The lowest BCUT2D eigenvalue weighted by molar-refractivity contribution is -0.0498. The average Bonchev–Trinajstić information content (AvgIpc) is 2.31. The van der Waals surface area contributed by atoms with Gasteiger partial charge in [0.15, 0.2) is 5.84 Å². The maximum Gasteiger partial charge on any atom is 0.387 e. The smallest absolute Gasteiger partial charge is 0.387 e. The summed E-state index contributed by atoms with van der Waals surface area (Å²) in [6.07, 6.45) is 0. The average molecular weight is 332 g/mol. The number of nitriles is 1. The molecule has 1 aromatic carbocycles. The number of hydrogen-bond acceptors (Lipinski definition) is 5. The molecule has 0 aliphatic rings. The van der Waals surface area contributed by atoms with Crippen LogP contribution in [0.2, 0.25) is 0 Å². The number of nitrogens with one attached hydrogen (secondary N) is 2. The number of anilines is 1. The molecule has 6 nitrogen and oxygen atoms in total. The maximum absolute atomic E-state index is 12.0. The monoisotopic (exact) mass is 331 g/mol. The first-order valence-electron chi connectivity index (χ1n) is 4.76. The second-order valence-corrected chi connectivity index (χ2v) is 3.97. The van der Waals surface area contributed by atoms with E-state index in [9.17, 15) is 8.78 Å². The van der Waals surface area contributed by atoms with Crippen LogP contribution in [-0.2, 0) is 0 Å². The van der Waals surface area contributed by atoms with E-state index in [1.165, 1.54) is 18.2 Å². The van der Waals surface area contributed by atoms with Gasteiger partial charge in [0.05, 0.1) is 5.69 Å². The first-order valence-corrected chi connectivity index (χ1v) is 5.56. The Kier molecular flexibility index (Phi) is 5.20. The minimum absolute atomic E-state index is 0.0246. The number of amidine groups is 1. The highest BCUT2D eigenvalue weighted by molar-refractivity contribution is 9.10. The highest BCUT2D eigenvalue weighted by Gasteiger charge is 2.07.